The van der Waals surface area contributed by atoms with Crippen LogP contribution in [0.1, 0.15) is 16.8 Å². The van der Waals surface area contributed by atoms with Gasteiger partial charge in [-0.25, -0.2) is 14.4 Å². The number of thioether (sulfide) groups is 1. The summed E-state index contributed by atoms with van der Waals surface area (Å²) in [6, 6.07) is 5.12. The molecule has 1 aromatic carbocycles. The molecule has 0 saturated carbocycles. The molecule has 0 unspecified atom stereocenters. The smallest absolute Gasteiger partial charge is 0.161 e. The van der Waals surface area contributed by atoms with Crippen LogP contribution in [0.25, 0.3) is 11.4 Å². The maximum atomic E-state index is 13.6. The Balaban J connectivity index is 2.12. The molecule has 1 aliphatic heterocycles. The van der Waals surface area contributed by atoms with Crippen molar-refractivity contribution in [1.29, 1.82) is 0 Å². The number of nitrogens with zero attached hydrogens (tertiary/aromatic N) is 2. The van der Waals surface area contributed by atoms with Crippen LogP contribution in [0.2, 0.25) is 0 Å². The predicted octanol–water partition coefficient (Wildman–Crippen LogP) is 3.38. The Bertz CT molecular complexity index is 643. The van der Waals surface area contributed by atoms with Crippen LogP contribution in [0.15, 0.2) is 18.2 Å². The zero-order valence-corrected chi connectivity index (χ0v) is 11.6. The number of halogens is 1. The normalized spacial score (nSPS) is 13.4. The molecule has 0 aliphatic carbocycles. The number of anilines is 1. The van der Waals surface area contributed by atoms with Crippen LogP contribution in [-0.2, 0) is 11.5 Å². The minimum atomic E-state index is -0.220. The lowest BCUT2D eigenvalue weighted by Crippen LogP contribution is -2.03. The molecule has 2 heterocycles. The fourth-order valence-corrected chi connectivity index (χ4v) is 3.16. The second-order valence-corrected chi connectivity index (χ2v) is 5.51. The molecule has 0 atom stereocenters. The van der Waals surface area contributed by atoms with Crippen LogP contribution in [0.4, 0.5) is 10.2 Å². The first-order valence-electron chi connectivity index (χ1n) is 6.11. The number of hydrogen-bond acceptors (Lipinski definition) is 4. The average molecular weight is 275 g/mol. The first-order valence-corrected chi connectivity index (χ1v) is 7.26. The summed E-state index contributed by atoms with van der Waals surface area (Å²) in [6.45, 7) is 1.75. The Labute approximate surface area is 115 Å². The van der Waals surface area contributed by atoms with Crippen LogP contribution in [0.5, 0.6) is 0 Å². The molecule has 1 aliphatic rings. The van der Waals surface area contributed by atoms with Gasteiger partial charge in [0.1, 0.15) is 11.6 Å². The highest BCUT2D eigenvalue weighted by Crippen LogP contribution is 2.34. The Kier molecular flexibility index (Phi) is 3.14. The molecule has 2 aromatic rings. The lowest BCUT2D eigenvalue weighted by molar-refractivity contribution is 0.619. The van der Waals surface area contributed by atoms with Crippen LogP contribution in [-0.4, -0.2) is 17.0 Å². The van der Waals surface area contributed by atoms with E-state index >= 15 is 0 Å². The van der Waals surface area contributed by atoms with Gasteiger partial charge in [0, 0.05) is 29.7 Å². The van der Waals surface area contributed by atoms with Crippen molar-refractivity contribution >= 4 is 17.6 Å². The van der Waals surface area contributed by atoms with Crippen molar-refractivity contribution in [3.05, 3.63) is 40.8 Å². The van der Waals surface area contributed by atoms with Crippen molar-refractivity contribution in [1.82, 2.24) is 9.97 Å². The van der Waals surface area contributed by atoms with Gasteiger partial charge >= 0.3 is 0 Å². The summed E-state index contributed by atoms with van der Waals surface area (Å²) in [7, 11) is 1.85. The molecule has 1 N–H and O–H groups in total. The van der Waals surface area contributed by atoms with E-state index in [1.165, 1.54) is 11.6 Å². The Morgan fingerprint density at radius 3 is 2.84 bits per heavy atom. The van der Waals surface area contributed by atoms with E-state index in [1.54, 1.807) is 13.0 Å². The number of benzene rings is 1. The van der Waals surface area contributed by atoms with Gasteiger partial charge in [-0.2, -0.15) is 11.8 Å². The van der Waals surface area contributed by atoms with Crippen molar-refractivity contribution in [2.24, 2.45) is 0 Å². The summed E-state index contributed by atoms with van der Waals surface area (Å²) in [6.07, 6.45) is 0. The van der Waals surface area contributed by atoms with Crippen molar-refractivity contribution in [3.8, 4) is 11.4 Å². The highest BCUT2D eigenvalue weighted by atomic mass is 32.2. The zero-order valence-electron chi connectivity index (χ0n) is 10.8. The second-order valence-electron chi connectivity index (χ2n) is 4.53. The second kappa shape index (κ2) is 4.81. The van der Waals surface area contributed by atoms with Crippen molar-refractivity contribution in [3.63, 3.8) is 0 Å². The van der Waals surface area contributed by atoms with Crippen LogP contribution in [0.3, 0.4) is 0 Å². The Morgan fingerprint density at radius 1 is 1.26 bits per heavy atom. The van der Waals surface area contributed by atoms with Gasteiger partial charge in [-0.3, -0.25) is 0 Å². The maximum Gasteiger partial charge on any atom is 0.161 e. The fraction of sp³-hybridized carbons (Fsp3) is 0.286. The van der Waals surface area contributed by atoms with Crippen LogP contribution in [0, 0.1) is 12.7 Å². The van der Waals surface area contributed by atoms with Gasteiger partial charge in [0.05, 0.1) is 5.69 Å². The van der Waals surface area contributed by atoms with E-state index in [9.17, 15) is 4.39 Å². The minimum Gasteiger partial charge on any atom is -0.373 e. The number of aromatic nitrogens is 2. The lowest BCUT2D eigenvalue weighted by Gasteiger charge is -2.09. The molecule has 3 rings (SSSR count). The van der Waals surface area contributed by atoms with E-state index in [4.69, 9.17) is 0 Å². The van der Waals surface area contributed by atoms with Gasteiger partial charge in [-0.05, 0) is 18.6 Å². The molecule has 0 amide bonds. The van der Waals surface area contributed by atoms with E-state index in [1.807, 2.05) is 24.9 Å². The zero-order chi connectivity index (χ0) is 13.4. The molecular weight excluding hydrogens is 261 g/mol. The van der Waals surface area contributed by atoms with E-state index in [-0.39, 0.29) is 5.82 Å². The first-order chi connectivity index (χ1) is 9.19. The molecule has 0 bridgehead atoms. The predicted molar refractivity (Wildman–Crippen MR) is 76.7 cm³/mol. The van der Waals surface area contributed by atoms with Gasteiger partial charge in [-0.1, -0.05) is 12.1 Å². The molecule has 0 fully saturated rings. The third-order valence-electron chi connectivity index (χ3n) is 3.24. The van der Waals surface area contributed by atoms with Crippen LogP contribution >= 0.6 is 11.8 Å². The highest BCUT2D eigenvalue weighted by molar-refractivity contribution is 7.98. The summed E-state index contributed by atoms with van der Waals surface area (Å²) in [5, 5.41) is 3.11. The third-order valence-corrected chi connectivity index (χ3v) is 4.22. The van der Waals surface area contributed by atoms with E-state index in [2.05, 4.69) is 15.3 Å². The largest absolute Gasteiger partial charge is 0.373 e. The molecule has 1 aromatic heterocycles. The number of rotatable bonds is 2. The van der Waals surface area contributed by atoms with Gasteiger partial charge in [-0.15, -0.1) is 0 Å². The molecule has 0 spiro atoms. The fourth-order valence-electron chi connectivity index (χ4n) is 2.12. The monoisotopic (exact) mass is 275 g/mol. The highest BCUT2D eigenvalue weighted by Gasteiger charge is 2.19. The van der Waals surface area contributed by atoms with E-state index in [0.717, 1.165) is 28.6 Å². The molecular formula is C14H14FN3S. The molecule has 0 radical (unpaired) electrons. The lowest BCUT2D eigenvalue weighted by atomic mass is 10.1. The van der Waals surface area contributed by atoms with Gasteiger partial charge in [0.25, 0.3) is 0 Å². The van der Waals surface area contributed by atoms with Crippen molar-refractivity contribution in [2.75, 3.05) is 12.4 Å². The molecule has 98 valence electrons. The molecule has 19 heavy (non-hydrogen) atoms. The Hall–Kier alpha value is -1.62. The van der Waals surface area contributed by atoms with Crippen molar-refractivity contribution < 1.29 is 4.39 Å². The average Bonchev–Trinajstić information content (AvgIpc) is 2.89. The van der Waals surface area contributed by atoms with Gasteiger partial charge in [0.2, 0.25) is 0 Å². The topological polar surface area (TPSA) is 37.8 Å². The van der Waals surface area contributed by atoms with Crippen LogP contribution < -0.4 is 5.32 Å². The van der Waals surface area contributed by atoms with E-state index in [0.29, 0.717) is 11.4 Å². The standard InChI is InChI=1S/C14H14FN3S/c1-8-3-4-9(5-11(8)15)13-17-12-7-19-6-10(12)14(16-2)18-13/h3-5H,6-7H2,1-2H3,(H,16,17,18). The maximum absolute atomic E-state index is 13.6. The summed E-state index contributed by atoms with van der Waals surface area (Å²) < 4.78 is 13.6. The number of hydrogen-bond donors (Lipinski definition) is 1. The summed E-state index contributed by atoms with van der Waals surface area (Å²) in [5.41, 5.74) is 3.58. The third kappa shape index (κ3) is 2.18. The molecule has 5 heteroatoms. The van der Waals surface area contributed by atoms with Gasteiger partial charge in [0.15, 0.2) is 5.82 Å². The van der Waals surface area contributed by atoms with Gasteiger partial charge < -0.3 is 5.32 Å². The minimum absolute atomic E-state index is 0.220. The number of nitrogens with one attached hydrogen (secondary N) is 1. The SMILES string of the molecule is CNc1nc(-c2ccc(C)c(F)c2)nc2c1CSC2. The number of aryl methyl sites for hydroxylation is 1. The van der Waals surface area contributed by atoms with E-state index < -0.39 is 0 Å². The Morgan fingerprint density at radius 2 is 2.11 bits per heavy atom. The number of fused-ring (bicyclic) bond motifs is 1. The summed E-state index contributed by atoms with van der Waals surface area (Å²) >= 11 is 1.83. The first kappa shape index (κ1) is 12.4. The van der Waals surface area contributed by atoms with Crippen molar-refractivity contribution in [2.45, 2.75) is 18.4 Å². The summed E-state index contributed by atoms with van der Waals surface area (Å²) in [4.78, 5) is 9.07. The quantitative estimate of drug-likeness (QED) is 0.911. The molecule has 3 nitrogen and oxygen atoms in total. The molecule has 0 saturated heterocycles. The summed E-state index contributed by atoms with van der Waals surface area (Å²) in [5.74, 6) is 3.06.